The number of carbonyl (C=O) groups is 2. The fraction of sp³-hybridized carbons (Fsp3) is 0.167. The van der Waals surface area contributed by atoms with Gasteiger partial charge in [-0.3, -0.25) is 19.7 Å². The first-order valence-corrected chi connectivity index (χ1v) is 9.88. The van der Waals surface area contributed by atoms with Crippen LogP contribution in [0.1, 0.15) is 34.1 Å². The first kappa shape index (κ1) is 17.1. The van der Waals surface area contributed by atoms with Gasteiger partial charge in [0.05, 0.1) is 22.4 Å². The van der Waals surface area contributed by atoms with Crippen LogP contribution in [0.15, 0.2) is 72.8 Å². The minimum absolute atomic E-state index is 0.0739. The lowest BCUT2D eigenvalue weighted by atomic mass is 9.55. The molecule has 2 atom stereocenters. The minimum Gasteiger partial charge on any atom is -0.274 e. The molecule has 0 radical (unpaired) electrons. The molecule has 3 aromatic carbocycles. The van der Waals surface area contributed by atoms with Gasteiger partial charge in [-0.2, -0.15) is 0 Å². The Kier molecular flexibility index (Phi) is 3.34. The normalized spacial score (nSPS) is 25.7. The second kappa shape index (κ2) is 5.86. The molecular weight excluding hydrogens is 380 g/mol. The highest BCUT2D eigenvalue weighted by Gasteiger charge is 2.61. The molecule has 2 bridgehead atoms. The Balaban J connectivity index is 1.51. The second-order valence-electron chi connectivity index (χ2n) is 8.05. The highest BCUT2D eigenvalue weighted by molar-refractivity contribution is 6.23. The molecule has 0 aromatic heterocycles. The van der Waals surface area contributed by atoms with Gasteiger partial charge in [0.25, 0.3) is 5.69 Å². The summed E-state index contributed by atoms with van der Waals surface area (Å²) in [6, 6.07) is 21.8. The summed E-state index contributed by atoms with van der Waals surface area (Å²) in [6.45, 7) is 0. The Bertz CT molecular complexity index is 1130. The van der Waals surface area contributed by atoms with Crippen LogP contribution < -0.4 is 4.90 Å². The molecule has 6 heteroatoms. The third kappa shape index (κ3) is 2.03. The fourth-order valence-corrected chi connectivity index (χ4v) is 5.66. The monoisotopic (exact) mass is 396 g/mol. The Morgan fingerprint density at radius 2 is 1.07 bits per heavy atom. The van der Waals surface area contributed by atoms with Crippen LogP contribution in [0.3, 0.4) is 0 Å². The Morgan fingerprint density at radius 3 is 1.43 bits per heavy atom. The number of nitro benzene ring substituents is 1. The lowest BCUT2D eigenvalue weighted by molar-refractivity contribution is -0.384. The smallest absolute Gasteiger partial charge is 0.269 e. The van der Waals surface area contributed by atoms with Crippen molar-refractivity contribution in [2.75, 3.05) is 4.90 Å². The molecule has 0 unspecified atom stereocenters. The van der Waals surface area contributed by atoms with E-state index in [9.17, 15) is 19.7 Å². The molecule has 0 saturated carbocycles. The van der Waals surface area contributed by atoms with Gasteiger partial charge in [-0.25, -0.2) is 4.90 Å². The van der Waals surface area contributed by atoms with Gasteiger partial charge in [-0.05, 0) is 34.4 Å². The molecule has 4 aliphatic rings. The molecule has 1 saturated heterocycles. The average molecular weight is 396 g/mol. The van der Waals surface area contributed by atoms with Crippen LogP contribution in [0, 0.1) is 22.0 Å². The average Bonchev–Trinajstić information content (AvgIpc) is 3.04. The van der Waals surface area contributed by atoms with E-state index >= 15 is 0 Å². The molecule has 3 aliphatic carbocycles. The Labute approximate surface area is 171 Å². The SMILES string of the molecule is O=C1[C@@H]2C3c4ccccc4C(c4ccccc43)[C@@H]2C(=O)N1c1ccc([N+](=O)[O-])cc1. The molecule has 1 aliphatic heterocycles. The van der Waals surface area contributed by atoms with Crippen molar-refractivity contribution < 1.29 is 14.5 Å². The molecule has 3 aromatic rings. The maximum atomic E-state index is 13.6. The zero-order valence-corrected chi connectivity index (χ0v) is 15.8. The lowest BCUT2D eigenvalue weighted by Crippen LogP contribution is -2.41. The van der Waals surface area contributed by atoms with Crippen molar-refractivity contribution in [1.82, 2.24) is 0 Å². The van der Waals surface area contributed by atoms with Crippen LogP contribution in [-0.2, 0) is 9.59 Å². The van der Waals surface area contributed by atoms with Crippen LogP contribution in [0.2, 0.25) is 0 Å². The van der Waals surface area contributed by atoms with Crippen molar-refractivity contribution in [2.24, 2.45) is 11.8 Å². The largest absolute Gasteiger partial charge is 0.274 e. The summed E-state index contributed by atoms with van der Waals surface area (Å²) in [4.78, 5) is 38.8. The van der Waals surface area contributed by atoms with E-state index < -0.39 is 16.8 Å². The predicted molar refractivity (Wildman–Crippen MR) is 109 cm³/mol. The topological polar surface area (TPSA) is 80.5 Å². The van der Waals surface area contributed by atoms with E-state index in [0.717, 1.165) is 22.3 Å². The van der Waals surface area contributed by atoms with Crippen molar-refractivity contribution >= 4 is 23.2 Å². The van der Waals surface area contributed by atoms with E-state index in [1.807, 2.05) is 24.3 Å². The van der Waals surface area contributed by atoms with Gasteiger partial charge in [-0.15, -0.1) is 0 Å². The summed E-state index contributed by atoms with van der Waals surface area (Å²) in [5.74, 6) is -1.68. The van der Waals surface area contributed by atoms with Crippen molar-refractivity contribution in [3.05, 3.63) is 105 Å². The molecule has 146 valence electrons. The zero-order chi connectivity index (χ0) is 20.6. The van der Waals surface area contributed by atoms with E-state index in [0.29, 0.717) is 5.69 Å². The predicted octanol–water partition coefficient (Wildman–Crippen LogP) is 3.99. The summed E-state index contributed by atoms with van der Waals surface area (Å²) >= 11 is 0. The summed E-state index contributed by atoms with van der Waals surface area (Å²) in [5.41, 5.74) is 4.79. The maximum absolute atomic E-state index is 13.6. The number of amides is 2. The summed E-state index contributed by atoms with van der Waals surface area (Å²) < 4.78 is 0. The van der Waals surface area contributed by atoms with Gasteiger partial charge in [-0.1, -0.05) is 48.5 Å². The standard InChI is InChI=1S/C24H16N2O4/c27-23-21-19-15-5-1-2-6-16(15)20(18-8-4-3-7-17(18)19)22(21)24(28)25(23)13-9-11-14(12-10-13)26(29)30/h1-12,19-22H/t19?,20?,21-,22+. The molecule has 30 heavy (non-hydrogen) atoms. The molecule has 1 fully saturated rings. The summed E-state index contributed by atoms with van der Waals surface area (Å²) in [5, 5.41) is 11.0. The van der Waals surface area contributed by atoms with Gasteiger partial charge in [0.15, 0.2) is 0 Å². The Morgan fingerprint density at radius 1 is 0.667 bits per heavy atom. The van der Waals surface area contributed by atoms with Gasteiger partial charge < -0.3 is 0 Å². The fourth-order valence-electron chi connectivity index (χ4n) is 5.66. The number of carbonyl (C=O) groups excluding carboxylic acids is 2. The van der Waals surface area contributed by atoms with Gasteiger partial charge in [0.1, 0.15) is 0 Å². The molecule has 7 rings (SSSR count). The van der Waals surface area contributed by atoms with Crippen LogP contribution in [0.25, 0.3) is 0 Å². The molecule has 0 N–H and O–H groups in total. The molecule has 1 heterocycles. The zero-order valence-electron chi connectivity index (χ0n) is 15.8. The minimum atomic E-state index is -0.495. The van der Waals surface area contributed by atoms with Crippen LogP contribution >= 0.6 is 0 Å². The lowest BCUT2D eigenvalue weighted by Gasteiger charge is -2.45. The quantitative estimate of drug-likeness (QED) is 0.373. The summed E-state index contributed by atoms with van der Waals surface area (Å²) in [7, 11) is 0. The van der Waals surface area contributed by atoms with Gasteiger partial charge >= 0.3 is 0 Å². The third-order valence-electron chi connectivity index (χ3n) is 6.77. The van der Waals surface area contributed by atoms with Gasteiger partial charge in [0, 0.05) is 24.0 Å². The number of nitrogens with zero attached hydrogens (tertiary/aromatic N) is 2. The van der Waals surface area contributed by atoms with E-state index in [2.05, 4.69) is 24.3 Å². The molecule has 6 nitrogen and oxygen atoms in total. The van der Waals surface area contributed by atoms with Crippen LogP contribution in [0.5, 0.6) is 0 Å². The molecular formula is C24H16N2O4. The highest BCUT2D eigenvalue weighted by atomic mass is 16.6. The highest BCUT2D eigenvalue weighted by Crippen LogP contribution is 2.61. The molecule has 0 spiro atoms. The first-order chi connectivity index (χ1) is 14.6. The molecule has 2 amide bonds. The number of hydrogen-bond acceptors (Lipinski definition) is 4. The van der Waals surface area contributed by atoms with E-state index in [1.165, 1.54) is 29.2 Å². The number of rotatable bonds is 2. The summed E-state index contributed by atoms with van der Waals surface area (Å²) in [6.07, 6.45) is 0. The van der Waals surface area contributed by atoms with E-state index in [-0.39, 0.29) is 29.3 Å². The van der Waals surface area contributed by atoms with Crippen molar-refractivity contribution in [1.29, 1.82) is 0 Å². The number of benzene rings is 3. The van der Waals surface area contributed by atoms with Crippen molar-refractivity contribution in [3.63, 3.8) is 0 Å². The van der Waals surface area contributed by atoms with Crippen molar-refractivity contribution in [2.45, 2.75) is 11.8 Å². The number of nitro groups is 1. The van der Waals surface area contributed by atoms with Gasteiger partial charge in [0.2, 0.25) is 11.8 Å². The number of hydrogen-bond donors (Lipinski definition) is 0. The van der Waals surface area contributed by atoms with Crippen LogP contribution in [0.4, 0.5) is 11.4 Å². The first-order valence-electron chi connectivity index (χ1n) is 9.88. The second-order valence-corrected chi connectivity index (χ2v) is 8.05. The Hall–Kier alpha value is -3.80. The van der Waals surface area contributed by atoms with Crippen LogP contribution in [-0.4, -0.2) is 16.7 Å². The number of anilines is 1. The van der Waals surface area contributed by atoms with E-state index in [4.69, 9.17) is 0 Å². The number of imide groups is 1. The van der Waals surface area contributed by atoms with E-state index in [1.54, 1.807) is 0 Å². The number of non-ortho nitro benzene ring substituents is 1. The van der Waals surface area contributed by atoms with Crippen molar-refractivity contribution in [3.8, 4) is 0 Å². The maximum Gasteiger partial charge on any atom is 0.269 e. The third-order valence-corrected chi connectivity index (χ3v) is 6.77.